The third-order valence-corrected chi connectivity index (χ3v) is 23.1. The average molecular weight is 619 g/mol. The molecule has 0 atom stereocenters. The van der Waals surface area contributed by atoms with Crippen molar-refractivity contribution in [3.8, 4) is 0 Å². The Balaban J connectivity index is 1.30. The molecule has 0 aromatic heterocycles. The molecular formula is C42H58Si2. The quantitative estimate of drug-likeness (QED) is 0.0918. The summed E-state index contributed by atoms with van der Waals surface area (Å²) in [6.45, 7) is 15.0. The molecule has 2 heteroatoms. The maximum Gasteiger partial charge on any atom is 0.123 e. The lowest BCUT2D eigenvalue weighted by Crippen LogP contribution is -2.64. The Bertz CT molecular complexity index is 1160. The van der Waals surface area contributed by atoms with Crippen LogP contribution < -0.4 is 20.7 Å². The number of hydrogen-bond donors (Lipinski definition) is 0. The van der Waals surface area contributed by atoms with Crippen molar-refractivity contribution in [1.82, 2.24) is 0 Å². The molecule has 0 bridgehead atoms. The highest BCUT2D eigenvalue weighted by atomic mass is 28.3. The van der Waals surface area contributed by atoms with Crippen LogP contribution in [-0.2, 0) is 0 Å². The van der Waals surface area contributed by atoms with Gasteiger partial charge >= 0.3 is 0 Å². The van der Waals surface area contributed by atoms with E-state index in [9.17, 15) is 0 Å². The van der Waals surface area contributed by atoms with Gasteiger partial charge < -0.3 is 0 Å². The topological polar surface area (TPSA) is 0 Å². The second kappa shape index (κ2) is 15.5. The van der Waals surface area contributed by atoms with E-state index in [0.717, 1.165) is 0 Å². The Morgan fingerprint density at radius 1 is 0.318 bits per heavy atom. The van der Waals surface area contributed by atoms with Gasteiger partial charge in [-0.3, -0.25) is 0 Å². The molecule has 0 fully saturated rings. The first-order valence-corrected chi connectivity index (χ1v) is 21.8. The van der Waals surface area contributed by atoms with Gasteiger partial charge in [-0.25, -0.2) is 0 Å². The summed E-state index contributed by atoms with van der Waals surface area (Å²) < 4.78 is 0. The lowest BCUT2D eigenvalue weighted by molar-refractivity contribution is 0.579. The van der Waals surface area contributed by atoms with Gasteiger partial charge in [-0.15, -0.1) is 0 Å². The molecule has 0 radical (unpaired) electrons. The van der Waals surface area contributed by atoms with Crippen LogP contribution in [0.5, 0.6) is 0 Å². The first kappa shape index (κ1) is 34.2. The maximum absolute atomic E-state index is 2.49. The molecule has 0 saturated heterocycles. The van der Waals surface area contributed by atoms with E-state index < -0.39 is 16.1 Å². The minimum absolute atomic E-state index is 0.265. The largest absolute Gasteiger partial charge is 0.123 e. The molecule has 0 nitrogen and oxygen atoms in total. The zero-order chi connectivity index (χ0) is 31.5. The fourth-order valence-electron chi connectivity index (χ4n) is 8.12. The highest BCUT2D eigenvalue weighted by molar-refractivity contribution is 7.04. The fraction of sp³-hybridized carbons (Fsp3) is 0.429. The third kappa shape index (κ3) is 7.75. The summed E-state index contributed by atoms with van der Waals surface area (Å²) in [5, 5.41) is 6.92. The minimum atomic E-state index is -1.92. The van der Waals surface area contributed by atoms with Crippen LogP contribution in [0.2, 0.25) is 22.2 Å². The first-order chi connectivity index (χ1) is 21.1. The van der Waals surface area contributed by atoms with Crippen LogP contribution in [0.15, 0.2) is 121 Å². The van der Waals surface area contributed by atoms with E-state index in [-0.39, 0.29) is 10.1 Å². The summed E-state index contributed by atoms with van der Waals surface area (Å²) in [4.78, 5) is 0. The normalized spacial score (nSPS) is 12.8. The van der Waals surface area contributed by atoms with Gasteiger partial charge in [-0.1, -0.05) is 235 Å². The Hall–Kier alpha value is -2.69. The van der Waals surface area contributed by atoms with Crippen LogP contribution in [0.25, 0.3) is 0 Å². The van der Waals surface area contributed by atoms with Crippen molar-refractivity contribution in [3.05, 3.63) is 121 Å². The molecule has 0 saturated carbocycles. The second-order valence-electron chi connectivity index (χ2n) is 15.1. The zero-order valence-electron chi connectivity index (χ0n) is 28.6. The van der Waals surface area contributed by atoms with E-state index in [1.807, 2.05) is 0 Å². The van der Waals surface area contributed by atoms with Crippen molar-refractivity contribution in [2.45, 2.75) is 115 Å². The smallest absolute Gasteiger partial charge is 0.0626 e. The molecule has 0 heterocycles. The predicted octanol–water partition coefficient (Wildman–Crippen LogP) is 10.2. The molecule has 0 aliphatic carbocycles. The van der Waals surface area contributed by atoms with Crippen molar-refractivity contribution in [3.63, 3.8) is 0 Å². The van der Waals surface area contributed by atoms with Gasteiger partial charge in [0.05, 0.1) is 0 Å². The van der Waals surface area contributed by atoms with Crippen molar-refractivity contribution >= 4 is 36.9 Å². The maximum atomic E-state index is 2.49. The van der Waals surface area contributed by atoms with Crippen molar-refractivity contribution < 1.29 is 0 Å². The zero-order valence-corrected chi connectivity index (χ0v) is 30.6. The highest BCUT2D eigenvalue weighted by Gasteiger charge is 2.47. The van der Waals surface area contributed by atoms with Gasteiger partial charge in [0.25, 0.3) is 0 Å². The van der Waals surface area contributed by atoms with E-state index in [4.69, 9.17) is 0 Å². The summed E-state index contributed by atoms with van der Waals surface area (Å²) >= 11 is 0. The molecule has 0 spiro atoms. The Kier molecular flexibility index (Phi) is 12.1. The number of hydrogen-bond acceptors (Lipinski definition) is 0. The summed E-state index contributed by atoms with van der Waals surface area (Å²) in [6.07, 6.45) is 10.9. The Morgan fingerprint density at radius 3 is 0.727 bits per heavy atom. The van der Waals surface area contributed by atoms with Crippen LogP contribution in [0.4, 0.5) is 0 Å². The minimum Gasteiger partial charge on any atom is -0.0626 e. The number of rotatable bonds is 15. The lowest BCUT2D eigenvalue weighted by atomic mass is 10.1. The van der Waals surface area contributed by atoms with Gasteiger partial charge in [0.15, 0.2) is 0 Å². The van der Waals surface area contributed by atoms with Crippen LogP contribution in [0.3, 0.4) is 0 Å². The first-order valence-electron chi connectivity index (χ1n) is 17.3. The van der Waals surface area contributed by atoms with Gasteiger partial charge in [0.1, 0.15) is 16.1 Å². The summed E-state index contributed by atoms with van der Waals surface area (Å²) in [5.74, 6) is 0. The Morgan fingerprint density at radius 2 is 0.523 bits per heavy atom. The van der Waals surface area contributed by atoms with E-state index in [1.54, 1.807) is 20.7 Å². The summed E-state index contributed by atoms with van der Waals surface area (Å²) in [5.41, 5.74) is 0. The van der Waals surface area contributed by atoms with Gasteiger partial charge in [-0.2, -0.15) is 0 Å². The standard InChI is InChI=1S/C42H58Si2/c1-41(2,3)43(37-27-17-13-18-28-37,38-29-19-14-20-30-38)35-25-11-9-7-8-10-12-26-36-44(42(4,5)6,39-31-21-15-22-32-39)40-33-23-16-24-34-40/h13-24,27-34H,7-12,25-26,35-36H2,1-6H3. The second-order valence-corrected chi connectivity index (χ2v) is 25.0. The summed E-state index contributed by atoms with van der Waals surface area (Å²) in [6, 6.07) is 48.7. The van der Waals surface area contributed by atoms with E-state index >= 15 is 0 Å². The van der Waals surface area contributed by atoms with Crippen LogP contribution >= 0.6 is 0 Å². The SMILES string of the molecule is CC(C)(C)[Si](CCCCCCCCCC[Si](c1ccccc1)(c1ccccc1)C(C)(C)C)(c1ccccc1)c1ccccc1. The van der Waals surface area contributed by atoms with Crippen LogP contribution in [0.1, 0.15) is 92.9 Å². The number of benzene rings is 4. The molecule has 4 aromatic carbocycles. The van der Waals surface area contributed by atoms with Gasteiger partial charge in [0, 0.05) is 0 Å². The number of unbranched alkanes of at least 4 members (excludes halogenated alkanes) is 7. The van der Waals surface area contributed by atoms with Gasteiger partial charge in [0.2, 0.25) is 0 Å². The lowest BCUT2D eigenvalue weighted by Gasteiger charge is -2.44. The molecule has 0 aliphatic rings. The average Bonchev–Trinajstić information content (AvgIpc) is 3.02. The van der Waals surface area contributed by atoms with E-state index in [2.05, 4.69) is 163 Å². The molecular weight excluding hydrogens is 561 g/mol. The predicted molar refractivity (Wildman–Crippen MR) is 202 cm³/mol. The molecule has 0 unspecified atom stereocenters. The molecule has 0 amide bonds. The van der Waals surface area contributed by atoms with Crippen molar-refractivity contribution in [2.75, 3.05) is 0 Å². The molecule has 4 rings (SSSR count). The van der Waals surface area contributed by atoms with E-state index in [1.165, 1.54) is 63.5 Å². The summed E-state index contributed by atoms with van der Waals surface area (Å²) in [7, 11) is -3.84. The van der Waals surface area contributed by atoms with E-state index in [0.29, 0.717) is 0 Å². The van der Waals surface area contributed by atoms with Crippen LogP contribution in [0, 0.1) is 0 Å². The van der Waals surface area contributed by atoms with Crippen molar-refractivity contribution in [1.29, 1.82) is 0 Å². The molecule has 4 aromatic rings. The molecule has 0 N–H and O–H groups in total. The molecule has 44 heavy (non-hydrogen) atoms. The van der Waals surface area contributed by atoms with Crippen molar-refractivity contribution in [2.24, 2.45) is 0 Å². The highest BCUT2D eigenvalue weighted by Crippen LogP contribution is 2.41. The monoisotopic (exact) mass is 618 g/mol. The third-order valence-electron chi connectivity index (χ3n) is 10.5. The van der Waals surface area contributed by atoms with Crippen LogP contribution in [-0.4, -0.2) is 16.1 Å². The molecule has 0 aliphatic heterocycles. The Labute approximate surface area is 272 Å². The fourth-order valence-corrected chi connectivity index (χ4v) is 19.5. The van der Waals surface area contributed by atoms with Gasteiger partial charge in [-0.05, 0) is 22.2 Å². The molecule has 234 valence electrons.